The van der Waals surface area contributed by atoms with Crippen molar-refractivity contribution in [3.63, 3.8) is 0 Å². The number of carbonyl (C=O) groups is 1. The third-order valence-electron chi connectivity index (χ3n) is 4.59. The molecular weight excluding hydrogens is 316 g/mol. The number of benzene rings is 1. The number of nitrogens with zero attached hydrogens (tertiary/aromatic N) is 5. The topological polar surface area (TPSA) is 79.7 Å². The van der Waals surface area contributed by atoms with Gasteiger partial charge in [0.2, 0.25) is 0 Å². The van der Waals surface area contributed by atoms with Gasteiger partial charge in [-0.1, -0.05) is 35.5 Å². The first-order valence-corrected chi connectivity index (χ1v) is 8.54. The number of hydrogen-bond donors (Lipinski definition) is 1. The zero-order valence-corrected chi connectivity index (χ0v) is 13.9. The van der Waals surface area contributed by atoms with Crippen molar-refractivity contribution < 1.29 is 4.79 Å². The van der Waals surface area contributed by atoms with Gasteiger partial charge in [0, 0.05) is 31.4 Å². The monoisotopic (exact) mass is 336 g/mol. The van der Waals surface area contributed by atoms with Gasteiger partial charge in [-0.25, -0.2) is 0 Å². The van der Waals surface area contributed by atoms with Crippen molar-refractivity contribution in [1.29, 1.82) is 0 Å². The van der Waals surface area contributed by atoms with Crippen LogP contribution in [0.25, 0.3) is 11.3 Å². The maximum atomic E-state index is 12.5. The van der Waals surface area contributed by atoms with Crippen LogP contribution in [0, 0.1) is 5.92 Å². The lowest BCUT2D eigenvalue weighted by atomic mass is 9.98. The van der Waals surface area contributed by atoms with Gasteiger partial charge in [0.15, 0.2) is 0 Å². The third-order valence-corrected chi connectivity index (χ3v) is 4.59. The fourth-order valence-electron chi connectivity index (χ4n) is 3.34. The van der Waals surface area contributed by atoms with Gasteiger partial charge in [0.25, 0.3) is 5.91 Å². The van der Waals surface area contributed by atoms with E-state index in [4.69, 9.17) is 0 Å². The van der Waals surface area contributed by atoms with Gasteiger partial charge in [0.1, 0.15) is 11.4 Å². The third kappa shape index (κ3) is 3.45. The van der Waals surface area contributed by atoms with Crippen molar-refractivity contribution >= 4 is 5.91 Å². The molecule has 0 aliphatic carbocycles. The Morgan fingerprint density at radius 1 is 1.24 bits per heavy atom. The molecule has 0 radical (unpaired) electrons. The quantitative estimate of drug-likeness (QED) is 0.792. The fourth-order valence-corrected chi connectivity index (χ4v) is 3.34. The number of likely N-dealkylation sites (tertiary alicyclic amines) is 1. The Kier molecular flexibility index (Phi) is 4.28. The molecule has 0 unspecified atom stereocenters. The molecule has 4 rings (SSSR count). The highest BCUT2D eigenvalue weighted by molar-refractivity contribution is 5.92. The van der Waals surface area contributed by atoms with Crippen molar-refractivity contribution in [2.24, 2.45) is 5.92 Å². The van der Waals surface area contributed by atoms with Gasteiger partial charge in [-0.05, 0) is 24.8 Å². The number of nitrogens with one attached hydrogen (secondary N) is 1. The van der Waals surface area contributed by atoms with E-state index in [2.05, 4.69) is 20.5 Å². The molecule has 1 fully saturated rings. The number of H-pyrrole nitrogens is 1. The molecule has 0 saturated carbocycles. The zero-order chi connectivity index (χ0) is 17.1. The molecule has 25 heavy (non-hydrogen) atoms. The minimum atomic E-state index is 0.0192. The van der Waals surface area contributed by atoms with Gasteiger partial charge in [-0.3, -0.25) is 14.6 Å². The Bertz CT molecular complexity index is 826. The molecule has 3 aromatic rings. The van der Waals surface area contributed by atoms with E-state index in [1.807, 2.05) is 46.1 Å². The number of carbonyl (C=O) groups excluding carboxylic acids is 1. The van der Waals surface area contributed by atoms with E-state index in [1.165, 1.54) is 0 Å². The highest BCUT2D eigenvalue weighted by Gasteiger charge is 2.25. The summed E-state index contributed by atoms with van der Waals surface area (Å²) in [4.78, 5) is 14.4. The second-order valence-corrected chi connectivity index (χ2v) is 6.42. The van der Waals surface area contributed by atoms with Gasteiger partial charge in [-0.2, -0.15) is 5.10 Å². The molecule has 2 aromatic heterocycles. The largest absolute Gasteiger partial charge is 0.337 e. The van der Waals surface area contributed by atoms with E-state index in [0.29, 0.717) is 11.6 Å². The predicted molar refractivity (Wildman–Crippen MR) is 92.7 cm³/mol. The second-order valence-electron chi connectivity index (χ2n) is 6.42. The molecule has 7 heteroatoms. The Morgan fingerprint density at radius 2 is 2.12 bits per heavy atom. The Labute approximate surface area is 145 Å². The number of rotatable bonds is 4. The van der Waals surface area contributed by atoms with E-state index in [1.54, 1.807) is 12.3 Å². The maximum Gasteiger partial charge on any atom is 0.271 e. The molecule has 128 valence electrons. The van der Waals surface area contributed by atoms with Gasteiger partial charge < -0.3 is 4.90 Å². The summed E-state index contributed by atoms with van der Waals surface area (Å²) in [6, 6.07) is 11.7. The van der Waals surface area contributed by atoms with E-state index >= 15 is 0 Å². The summed E-state index contributed by atoms with van der Waals surface area (Å²) < 4.78 is 1.89. The first-order chi connectivity index (χ1) is 12.3. The van der Waals surface area contributed by atoms with Crippen LogP contribution in [0.3, 0.4) is 0 Å². The molecule has 1 N–H and O–H groups in total. The molecular formula is C18H20N6O. The molecule has 3 heterocycles. The smallest absolute Gasteiger partial charge is 0.271 e. The van der Waals surface area contributed by atoms with Crippen molar-refractivity contribution in [2.45, 2.75) is 19.4 Å². The molecule has 1 amide bonds. The molecule has 1 aromatic carbocycles. The molecule has 0 bridgehead atoms. The van der Waals surface area contributed by atoms with Crippen LogP contribution in [0.15, 0.2) is 48.8 Å². The van der Waals surface area contributed by atoms with E-state index in [0.717, 1.165) is 43.7 Å². The Morgan fingerprint density at radius 3 is 2.92 bits per heavy atom. The van der Waals surface area contributed by atoms with Crippen LogP contribution in [-0.4, -0.2) is 49.1 Å². The normalized spacial score (nSPS) is 17.6. The van der Waals surface area contributed by atoms with E-state index in [-0.39, 0.29) is 5.91 Å². The lowest BCUT2D eigenvalue weighted by Crippen LogP contribution is -2.41. The van der Waals surface area contributed by atoms with Gasteiger partial charge in [-0.15, -0.1) is 5.10 Å². The fraction of sp³-hybridized carbons (Fsp3) is 0.333. The number of piperidine rings is 1. The maximum absolute atomic E-state index is 12.5. The number of aromatic nitrogens is 5. The summed E-state index contributed by atoms with van der Waals surface area (Å²) in [7, 11) is 0. The lowest BCUT2D eigenvalue weighted by Gasteiger charge is -2.32. The first kappa shape index (κ1) is 15.6. The molecule has 0 spiro atoms. The highest BCUT2D eigenvalue weighted by Crippen LogP contribution is 2.21. The van der Waals surface area contributed by atoms with Crippen LogP contribution >= 0.6 is 0 Å². The lowest BCUT2D eigenvalue weighted by molar-refractivity contribution is 0.0653. The minimum Gasteiger partial charge on any atom is -0.337 e. The SMILES string of the molecule is O=C(c1ccn[nH]1)N1CCC[C@@H](Cn2cc(-c3ccccc3)nn2)C1. The molecule has 7 nitrogen and oxygen atoms in total. The average molecular weight is 336 g/mol. The van der Waals surface area contributed by atoms with Crippen molar-refractivity contribution in [3.8, 4) is 11.3 Å². The standard InChI is InChI=1S/C18H20N6O/c25-18(16-8-9-19-20-16)23-10-4-5-14(11-23)12-24-13-17(21-22-24)15-6-2-1-3-7-15/h1-3,6-9,13-14H,4-5,10-12H2,(H,19,20)/t14-/m1/s1. The van der Waals surface area contributed by atoms with Crippen molar-refractivity contribution in [1.82, 2.24) is 30.1 Å². The predicted octanol–water partition coefficient (Wildman–Crippen LogP) is 2.22. The van der Waals surface area contributed by atoms with E-state index < -0.39 is 0 Å². The first-order valence-electron chi connectivity index (χ1n) is 8.54. The van der Waals surface area contributed by atoms with Crippen LogP contribution in [-0.2, 0) is 6.54 Å². The highest BCUT2D eigenvalue weighted by atomic mass is 16.2. The molecule has 1 saturated heterocycles. The number of amides is 1. The Hall–Kier alpha value is -2.96. The average Bonchev–Trinajstić information content (AvgIpc) is 3.34. The molecule has 1 atom stereocenters. The minimum absolute atomic E-state index is 0.0192. The zero-order valence-electron chi connectivity index (χ0n) is 13.9. The van der Waals surface area contributed by atoms with Crippen LogP contribution in [0.1, 0.15) is 23.3 Å². The van der Waals surface area contributed by atoms with Crippen LogP contribution in [0.5, 0.6) is 0 Å². The summed E-state index contributed by atoms with van der Waals surface area (Å²) in [6.07, 6.45) is 5.68. The van der Waals surface area contributed by atoms with Gasteiger partial charge in [0.05, 0.1) is 6.20 Å². The summed E-state index contributed by atoms with van der Waals surface area (Å²) in [6.45, 7) is 2.30. The second kappa shape index (κ2) is 6.88. The number of hydrogen-bond acceptors (Lipinski definition) is 4. The van der Waals surface area contributed by atoms with Crippen LogP contribution < -0.4 is 0 Å². The van der Waals surface area contributed by atoms with Gasteiger partial charge >= 0.3 is 0 Å². The summed E-state index contributed by atoms with van der Waals surface area (Å²) in [5, 5.41) is 15.1. The number of aromatic amines is 1. The van der Waals surface area contributed by atoms with Crippen LogP contribution in [0.4, 0.5) is 0 Å². The summed E-state index contributed by atoms with van der Waals surface area (Å²) in [5.41, 5.74) is 2.49. The van der Waals surface area contributed by atoms with Crippen molar-refractivity contribution in [2.75, 3.05) is 13.1 Å². The summed E-state index contributed by atoms with van der Waals surface area (Å²) in [5.74, 6) is 0.400. The molecule has 1 aliphatic heterocycles. The van der Waals surface area contributed by atoms with Crippen LogP contribution in [0.2, 0.25) is 0 Å². The summed E-state index contributed by atoms with van der Waals surface area (Å²) >= 11 is 0. The van der Waals surface area contributed by atoms with Crippen molar-refractivity contribution in [3.05, 3.63) is 54.5 Å². The Balaban J connectivity index is 1.41. The van der Waals surface area contributed by atoms with E-state index in [9.17, 15) is 4.79 Å². The molecule has 1 aliphatic rings.